The van der Waals surface area contributed by atoms with E-state index in [2.05, 4.69) is 17.1 Å². The third-order valence-electron chi connectivity index (χ3n) is 3.78. The van der Waals surface area contributed by atoms with Gasteiger partial charge in [-0.2, -0.15) is 5.10 Å². The first kappa shape index (κ1) is 15.0. The number of rotatable bonds is 4. The second-order valence-corrected chi connectivity index (χ2v) is 6.59. The highest BCUT2D eigenvalue weighted by atomic mass is 32.2. The molecule has 0 aliphatic carbocycles. The minimum absolute atomic E-state index is 0.0823. The quantitative estimate of drug-likeness (QED) is 0.843. The van der Waals surface area contributed by atoms with Crippen LogP contribution >= 0.6 is 0 Å². The predicted molar refractivity (Wildman–Crippen MR) is 73.6 cm³/mol. The van der Waals surface area contributed by atoms with Crippen molar-refractivity contribution in [2.75, 3.05) is 13.1 Å². The lowest BCUT2D eigenvalue weighted by molar-refractivity contribution is 0.0777. The molecule has 0 saturated carbocycles. The highest BCUT2D eigenvalue weighted by molar-refractivity contribution is 7.89. The Morgan fingerprint density at radius 2 is 2.20 bits per heavy atom. The molecule has 8 heteroatoms. The topological polar surface area (TPSA) is 109 Å². The van der Waals surface area contributed by atoms with Crippen LogP contribution in [0, 0.1) is 5.92 Å². The monoisotopic (exact) mass is 300 g/mol. The summed E-state index contributed by atoms with van der Waals surface area (Å²) in [6.45, 7) is 5.14. The predicted octanol–water partition coefficient (Wildman–Crippen LogP) is 0.492. The highest BCUT2D eigenvalue weighted by Crippen LogP contribution is 2.24. The fourth-order valence-electron chi connectivity index (χ4n) is 2.56. The second kappa shape index (κ2) is 5.53. The number of primary sulfonamides is 1. The number of H-pyrrole nitrogens is 1. The fourth-order valence-corrected chi connectivity index (χ4v) is 3.49. The molecule has 1 aromatic heterocycles. The van der Waals surface area contributed by atoms with E-state index in [4.69, 9.17) is 5.14 Å². The zero-order chi connectivity index (χ0) is 14.9. The van der Waals surface area contributed by atoms with Gasteiger partial charge < -0.3 is 4.90 Å². The zero-order valence-corrected chi connectivity index (χ0v) is 12.5. The summed E-state index contributed by atoms with van der Waals surface area (Å²) < 4.78 is 23.4. The van der Waals surface area contributed by atoms with Crippen molar-refractivity contribution in [2.24, 2.45) is 11.1 Å². The van der Waals surface area contributed by atoms with Gasteiger partial charge in [-0.15, -0.1) is 0 Å². The largest absolute Gasteiger partial charge is 0.337 e. The Morgan fingerprint density at radius 3 is 2.70 bits per heavy atom. The van der Waals surface area contributed by atoms with Crippen LogP contribution in [0.2, 0.25) is 0 Å². The van der Waals surface area contributed by atoms with Gasteiger partial charge >= 0.3 is 0 Å². The molecule has 1 aliphatic heterocycles. The molecule has 1 aliphatic rings. The number of aromatic amines is 1. The van der Waals surface area contributed by atoms with Crippen molar-refractivity contribution in [3.05, 3.63) is 11.4 Å². The molecule has 1 fully saturated rings. The number of nitrogens with two attached hydrogens (primary N) is 1. The average Bonchev–Trinajstić information content (AvgIpc) is 3.03. The number of amides is 1. The smallest absolute Gasteiger partial charge is 0.275 e. The number of aromatic nitrogens is 2. The lowest BCUT2D eigenvalue weighted by Gasteiger charge is -2.15. The summed E-state index contributed by atoms with van der Waals surface area (Å²) in [6.07, 6.45) is 2.37. The molecule has 1 aromatic rings. The molecule has 1 saturated heterocycles. The van der Waals surface area contributed by atoms with Crippen LogP contribution in [0.5, 0.6) is 0 Å². The summed E-state index contributed by atoms with van der Waals surface area (Å²) in [5.74, 6) is 0.113. The van der Waals surface area contributed by atoms with Crippen molar-refractivity contribution >= 4 is 15.9 Å². The van der Waals surface area contributed by atoms with Crippen LogP contribution in [0.25, 0.3) is 0 Å². The maximum absolute atomic E-state index is 12.4. The van der Waals surface area contributed by atoms with Gasteiger partial charge in [0, 0.05) is 13.1 Å². The first-order valence-corrected chi connectivity index (χ1v) is 8.32. The molecule has 112 valence electrons. The van der Waals surface area contributed by atoms with E-state index in [1.54, 1.807) is 11.8 Å². The number of likely N-dealkylation sites (tertiary alicyclic amines) is 1. The minimum Gasteiger partial charge on any atom is -0.337 e. The molecule has 0 bridgehead atoms. The van der Waals surface area contributed by atoms with Crippen molar-refractivity contribution in [3.8, 4) is 0 Å². The van der Waals surface area contributed by atoms with Gasteiger partial charge in [0.15, 0.2) is 5.69 Å². The maximum atomic E-state index is 12.4. The molecule has 0 aromatic carbocycles. The second-order valence-electron chi connectivity index (χ2n) is 5.09. The lowest BCUT2D eigenvalue weighted by Crippen LogP contribution is -2.31. The van der Waals surface area contributed by atoms with Gasteiger partial charge in [-0.05, 0) is 18.8 Å². The minimum atomic E-state index is -3.97. The van der Waals surface area contributed by atoms with E-state index in [9.17, 15) is 13.2 Å². The summed E-state index contributed by atoms with van der Waals surface area (Å²) in [5.41, 5.74) is 0.295. The van der Waals surface area contributed by atoms with Crippen LogP contribution in [0.15, 0.2) is 4.90 Å². The Kier molecular flexibility index (Phi) is 4.14. The molecule has 3 N–H and O–H groups in total. The zero-order valence-electron chi connectivity index (χ0n) is 11.7. The van der Waals surface area contributed by atoms with E-state index >= 15 is 0 Å². The van der Waals surface area contributed by atoms with Crippen LogP contribution < -0.4 is 5.14 Å². The van der Waals surface area contributed by atoms with E-state index < -0.39 is 10.0 Å². The molecule has 1 unspecified atom stereocenters. The van der Waals surface area contributed by atoms with Crippen molar-refractivity contribution in [3.63, 3.8) is 0 Å². The van der Waals surface area contributed by atoms with Crippen molar-refractivity contribution in [1.82, 2.24) is 15.1 Å². The van der Waals surface area contributed by atoms with Gasteiger partial charge in [-0.1, -0.05) is 20.3 Å². The molecule has 20 heavy (non-hydrogen) atoms. The molecule has 2 rings (SSSR count). The summed E-state index contributed by atoms with van der Waals surface area (Å²) in [6, 6.07) is 0. The molecule has 1 amide bonds. The van der Waals surface area contributed by atoms with E-state index in [1.165, 1.54) is 0 Å². The summed E-state index contributed by atoms with van der Waals surface area (Å²) in [7, 11) is -3.97. The number of hydrogen-bond donors (Lipinski definition) is 2. The number of hydrogen-bond acceptors (Lipinski definition) is 4. The van der Waals surface area contributed by atoms with Gasteiger partial charge in [0.2, 0.25) is 10.0 Å². The highest BCUT2D eigenvalue weighted by Gasteiger charge is 2.32. The van der Waals surface area contributed by atoms with Gasteiger partial charge in [0.25, 0.3) is 5.91 Å². The van der Waals surface area contributed by atoms with Crippen molar-refractivity contribution < 1.29 is 13.2 Å². The SMILES string of the molecule is CCc1[nH]nc(C(=O)N2CCC(CC)C2)c1S(N)(=O)=O. The van der Waals surface area contributed by atoms with Crippen LogP contribution in [-0.4, -0.2) is 42.5 Å². The molecular weight excluding hydrogens is 280 g/mol. The summed E-state index contributed by atoms with van der Waals surface area (Å²) in [4.78, 5) is 13.9. The molecule has 0 spiro atoms. The Labute approximate surface area is 118 Å². The Bertz CT molecular complexity index is 608. The molecule has 7 nitrogen and oxygen atoms in total. The molecule has 0 radical (unpaired) electrons. The number of nitrogens with one attached hydrogen (secondary N) is 1. The van der Waals surface area contributed by atoms with Gasteiger partial charge in [-0.3, -0.25) is 9.89 Å². The molecular formula is C12H20N4O3S. The lowest BCUT2D eigenvalue weighted by atomic mass is 10.1. The number of carbonyl (C=O) groups is 1. The number of nitrogens with zero attached hydrogens (tertiary/aromatic N) is 2. The van der Waals surface area contributed by atoms with Crippen LogP contribution in [-0.2, 0) is 16.4 Å². The Hall–Kier alpha value is -1.41. The first-order chi connectivity index (χ1) is 9.38. The maximum Gasteiger partial charge on any atom is 0.275 e. The van der Waals surface area contributed by atoms with Gasteiger partial charge in [0.05, 0.1) is 5.69 Å². The van der Waals surface area contributed by atoms with Crippen LogP contribution in [0.4, 0.5) is 0 Å². The molecule has 2 heterocycles. The standard InChI is InChI=1S/C12H20N4O3S/c1-3-8-5-6-16(7-8)12(17)10-11(20(13,18)19)9(4-2)14-15-10/h8H,3-7H2,1-2H3,(H,14,15)(H2,13,18,19). The van der Waals surface area contributed by atoms with Crippen molar-refractivity contribution in [2.45, 2.75) is 38.0 Å². The normalized spacial score (nSPS) is 19.6. The average molecular weight is 300 g/mol. The number of aryl methyl sites for hydroxylation is 1. The number of sulfonamides is 1. The summed E-state index contributed by atoms with van der Waals surface area (Å²) >= 11 is 0. The van der Waals surface area contributed by atoms with E-state index in [0.717, 1.165) is 12.8 Å². The fraction of sp³-hybridized carbons (Fsp3) is 0.667. The van der Waals surface area contributed by atoms with Crippen molar-refractivity contribution in [1.29, 1.82) is 0 Å². The van der Waals surface area contributed by atoms with E-state index in [0.29, 0.717) is 31.1 Å². The van der Waals surface area contributed by atoms with Crippen LogP contribution in [0.3, 0.4) is 0 Å². The molecule has 1 atom stereocenters. The van der Waals surface area contributed by atoms with E-state index in [1.807, 2.05) is 0 Å². The number of carbonyl (C=O) groups excluding carboxylic acids is 1. The van der Waals surface area contributed by atoms with Crippen LogP contribution in [0.1, 0.15) is 42.9 Å². The first-order valence-electron chi connectivity index (χ1n) is 6.77. The van der Waals surface area contributed by atoms with Gasteiger partial charge in [0.1, 0.15) is 4.90 Å². The Morgan fingerprint density at radius 1 is 1.50 bits per heavy atom. The summed E-state index contributed by atoms with van der Waals surface area (Å²) in [5, 5.41) is 11.7. The third-order valence-corrected chi connectivity index (χ3v) is 4.79. The van der Waals surface area contributed by atoms with E-state index in [-0.39, 0.29) is 16.5 Å². The van der Waals surface area contributed by atoms with Gasteiger partial charge in [-0.25, -0.2) is 13.6 Å². The third kappa shape index (κ3) is 2.71. The Balaban J connectivity index is 2.34.